The summed E-state index contributed by atoms with van der Waals surface area (Å²) in [6, 6.07) is 10.5. The molecule has 1 aliphatic rings. The predicted molar refractivity (Wildman–Crippen MR) is 57.4 cm³/mol. The lowest BCUT2D eigenvalue weighted by molar-refractivity contribution is 0.130. The summed E-state index contributed by atoms with van der Waals surface area (Å²) in [4.78, 5) is 5.06. The second kappa shape index (κ2) is 4.80. The van der Waals surface area contributed by atoms with E-state index in [1.807, 2.05) is 6.07 Å². The average Bonchev–Trinajstić information content (AvgIpc) is 2.29. The quantitative estimate of drug-likeness (QED) is 0.716. The van der Waals surface area contributed by atoms with Gasteiger partial charge in [-0.2, -0.15) is 0 Å². The number of rotatable bonds is 3. The van der Waals surface area contributed by atoms with E-state index in [1.54, 1.807) is 0 Å². The first-order valence-electron chi connectivity index (χ1n) is 5.17. The van der Waals surface area contributed by atoms with Gasteiger partial charge in [0.1, 0.15) is 6.61 Å². The van der Waals surface area contributed by atoms with Crippen molar-refractivity contribution in [3.05, 3.63) is 35.9 Å². The molecule has 0 saturated carbocycles. The summed E-state index contributed by atoms with van der Waals surface area (Å²) >= 11 is 0. The van der Waals surface area contributed by atoms with Crippen LogP contribution in [0.4, 0.5) is 0 Å². The molecule has 0 N–H and O–H groups in total. The Morgan fingerprint density at radius 2 is 2.00 bits per heavy atom. The van der Waals surface area contributed by atoms with Crippen molar-refractivity contribution in [1.29, 1.82) is 0 Å². The fraction of sp³-hybridized carbons (Fsp3) is 0.417. The third-order valence-corrected chi connectivity index (χ3v) is 2.44. The molecule has 14 heavy (non-hydrogen) atoms. The molecule has 74 valence electrons. The zero-order chi connectivity index (χ0) is 9.64. The molecule has 0 fully saturated rings. The lowest BCUT2D eigenvalue weighted by Crippen LogP contribution is -2.08. The number of nitrogens with zero attached hydrogens (tertiary/aromatic N) is 1. The zero-order valence-electron chi connectivity index (χ0n) is 8.28. The molecule has 1 aromatic carbocycles. The van der Waals surface area contributed by atoms with E-state index in [4.69, 9.17) is 4.84 Å². The molecule has 1 aliphatic heterocycles. The summed E-state index contributed by atoms with van der Waals surface area (Å²) in [7, 11) is 0. The van der Waals surface area contributed by atoms with Gasteiger partial charge in [-0.25, -0.2) is 0 Å². The van der Waals surface area contributed by atoms with E-state index in [0.29, 0.717) is 0 Å². The van der Waals surface area contributed by atoms with Gasteiger partial charge in [-0.15, -0.1) is 0 Å². The highest BCUT2D eigenvalue weighted by molar-refractivity contribution is 5.84. The summed E-state index contributed by atoms with van der Waals surface area (Å²) in [5.74, 6) is 0. The Morgan fingerprint density at radius 1 is 1.14 bits per heavy atom. The van der Waals surface area contributed by atoms with E-state index in [1.165, 1.54) is 11.3 Å². The Kier molecular flexibility index (Phi) is 3.17. The Labute approximate surface area is 84.6 Å². The molecular formula is C12H15NO. The van der Waals surface area contributed by atoms with Gasteiger partial charge >= 0.3 is 0 Å². The molecule has 1 heterocycles. The maximum Gasteiger partial charge on any atom is 0.117 e. The van der Waals surface area contributed by atoms with E-state index in [0.717, 1.165) is 32.3 Å². The number of hydrogen-bond donors (Lipinski definition) is 0. The first-order chi connectivity index (χ1) is 6.95. The van der Waals surface area contributed by atoms with Gasteiger partial charge in [-0.05, 0) is 31.2 Å². The van der Waals surface area contributed by atoms with Crippen LogP contribution in [0.3, 0.4) is 0 Å². The van der Waals surface area contributed by atoms with Crippen molar-refractivity contribution in [2.75, 3.05) is 6.61 Å². The molecule has 1 aromatic rings. The van der Waals surface area contributed by atoms with Crippen LogP contribution >= 0.6 is 0 Å². The first-order valence-corrected chi connectivity index (χ1v) is 5.17. The third kappa shape index (κ3) is 2.59. The Morgan fingerprint density at radius 3 is 2.71 bits per heavy atom. The van der Waals surface area contributed by atoms with Crippen LogP contribution in [0.25, 0.3) is 0 Å². The van der Waals surface area contributed by atoms with Gasteiger partial charge in [0.05, 0.1) is 5.71 Å². The van der Waals surface area contributed by atoms with Crippen LogP contribution in [-0.2, 0) is 11.3 Å². The van der Waals surface area contributed by atoms with Gasteiger partial charge in [0, 0.05) is 0 Å². The molecular weight excluding hydrogens is 174 g/mol. The molecule has 0 spiro atoms. The van der Waals surface area contributed by atoms with Crippen molar-refractivity contribution in [1.82, 2.24) is 0 Å². The smallest absolute Gasteiger partial charge is 0.117 e. The molecule has 0 aromatic heterocycles. The summed E-state index contributed by atoms with van der Waals surface area (Å²) < 4.78 is 0. The summed E-state index contributed by atoms with van der Waals surface area (Å²) in [5.41, 5.74) is 2.58. The van der Waals surface area contributed by atoms with Crippen molar-refractivity contribution in [2.24, 2.45) is 5.16 Å². The zero-order valence-corrected chi connectivity index (χ0v) is 8.28. The minimum absolute atomic E-state index is 0.787. The summed E-state index contributed by atoms with van der Waals surface area (Å²) in [6.07, 6.45) is 4.33. The van der Waals surface area contributed by atoms with E-state index >= 15 is 0 Å². The average molecular weight is 189 g/mol. The standard InChI is InChI=1S/C12H15NO/c1-2-5-11(6-3-1)8-9-12-7-4-10-14-13-12/h1-3,5-6H,4,7-10H2. The first kappa shape index (κ1) is 9.25. The van der Waals surface area contributed by atoms with Gasteiger partial charge in [-0.3, -0.25) is 0 Å². The van der Waals surface area contributed by atoms with Crippen molar-refractivity contribution in [2.45, 2.75) is 25.7 Å². The molecule has 0 aliphatic carbocycles. The van der Waals surface area contributed by atoms with E-state index in [2.05, 4.69) is 29.4 Å². The Hall–Kier alpha value is -1.31. The molecule has 0 saturated heterocycles. The highest BCUT2D eigenvalue weighted by Crippen LogP contribution is 2.09. The second-order valence-electron chi connectivity index (χ2n) is 3.58. The minimum atomic E-state index is 0.787. The van der Waals surface area contributed by atoms with Crippen LogP contribution in [0.2, 0.25) is 0 Å². The van der Waals surface area contributed by atoms with Crippen LogP contribution in [0.5, 0.6) is 0 Å². The fourth-order valence-electron chi connectivity index (χ4n) is 1.63. The van der Waals surface area contributed by atoms with Crippen molar-refractivity contribution in [3.63, 3.8) is 0 Å². The van der Waals surface area contributed by atoms with Gasteiger partial charge in [0.15, 0.2) is 0 Å². The SMILES string of the molecule is c1ccc(CCC2=NOCCC2)cc1. The van der Waals surface area contributed by atoms with Crippen LogP contribution in [0, 0.1) is 0 Å². The van der Waals surface area contributed by atoms with E-state index in [-0.39, 0.29) is 0 Å². The topological polar surface area (TPSA) is 21.6 Å². The van der Waals surface area contributed by atoms with Crippen LogP contribution in [0.15, 0.2) is 35.5 Å². The summed E-state index contributed by atoms with van der Waals surface area (Å²) in [5, 5.41) is 4.06. The Balaban J connectivity index is 1.85. The third-order valence-electron chi connectivity index (χ3n) is 2.44. The highest BCUT2D eigenvalue weighted by atomic mass is 16.6. The number of benzene rings is 1. The monoisotopic (exact) mass is 189 g/mol. The fourth-order valence-corrected chi connectivity index (χ4v) is 1.63. The lowest BCUT2D eigenvalue weighted by atomic mass is 10.0. The maximum atomic E-state index is 5.06. The summed E-state index contributed by atoms with van der Waals surface area (Å²) in [6.45, 7) is 0.787. The molecule has 0 atom stereocenters. The minimum Gasteiger partial charge on any atom is -0.396 e. The van der Waals surface area contributed by atoms with E-state index < -0.39 is 0 Å². The number of aryl methyl sites for hydroxylation is 1. The molecule has 0 unspecified atom stereocenters. The predicted octanol–water partition coefficient (Wildman–Crippen LogP) is 2.79. The molecule has 0 radical (unpaired) electrons. The largest absolute Gasteiger partial charge is 0.396 e. The molecule has 0 bridgehead atoms. The van der Waals surface area contributed by atoms with Gasteiger partial charge in [0.25, 0.3) is 0 Å². The van der Waals surface area contributed by atoms with Crippen molar-refractivity contribution >= 4 is 5.71 Å². The molecule has 0 amide bonds. The maximum absolute atomic E-state index is 5.06. The van der Waals surface area contributed by atoms with Gasteiger partial charge in [0.2, 0.25) is 0 Å². The molecule has 2 rings (SSSR count). The Bertz CT molecular complexity index is 305. The number of oxime groups is 1. The van der Waals surface area contributed by atoms with Gasteiger partial charge < -0.3 is 4.84 Å². The second-order valence-corrected chi connectivity index (χ2v) is 3.58. The van der Waals surface area contributed by atoms with Crippen LogP contribution in [0.1, 0.15) is 24.8 Å². The van der Waals surface area contributed by atoms with E-state index in [9.17, 15) is 0 Å². The van der Waals surface area contributed by atoms with Crippen LogP contribution < -0.4 is 0 Å². The molecule has 2 heteroatoms. The van der Waals surface area contributed by atoms with Crippen molar-refractivity contribution in [3.8, 4) is 0 Å². The van der Waals surface area contributed by atoms with Crippen LogP contribution in [-0.4, -0.2) is 12.3 Å². The van der Waals surface area contributed by atoms with Crippen molar-refractivity contribution < 1.29 is 4.84 Å². The lowest BCUT2D eigenvalue weighted by Gasteiger charge is -2.11. The molecule has 2 nitrogen and oxygen atoms in total. The highest BCUT2D eigenvalue weighted by Gasteiger charge is 2.06. The normalized spacial score (nSPS) is 15.9. The number of hydrogen-bond acceptors (Lipinski definition) is 2. The van der Waals surface area contributed by atoms with Gasteiger partial charge in [-0.1, -0.05) is 35.5 Å².